The van der Waals surface area contributed by atoms with E-state index in [1.54, 1.807) is 6.20 Å². The fraction of sp³-hybridized carbons (Fsp3) is 0.182. The van der Waals surface area contributed by atoms with E-state index in [1.807, 2.05) is 24.3 Å². The number of rotatable bonds is 2. The van der Waals surface area contributed by atoms with Gasteiger partial charge in [-0.3, -0.25) is 4.98 Å². The van der Waals surface area contributed by atoms with E-state index in [-0.39, 0.29) is 0 Å². The van der Waals surface area contributed by atoms with Gasteiger partial charge in [-0.25, -0.2) is 0 Å². The Labute approximate surface area is 87.9 Å². The third kappa shape index (κ3) is 1.53. The Morgan fingerprint density at radius 3 is 3.00 bits per heavy atom. The van der Waals surface area contributed by atoms with Gasteiger partial charge in [-0.15, -0.1) is 0 Å². The Bertz CT molecular complexity index is 454. The SMILES string of the molecule is CCNc1ccc(Cl)c2ncccc12. The van der Waals surface area contributed by atoms with Crippen LogP contribution in [0.1, 0.15) is 6.92 Å². The van der Waals surface area contributed by atoms with Gasteiger partial charge in [0.1, 0.15) is 0 Å². The largest absolute Gasteiger partial charge is 0.385 e. The maximum absolute atomic E-state index is 6.04. The first kappa shape index (κ1) is 9.28. The molecule has 0 saturated heterocycles. The van der Waals surface area contributed by atoms with Gasteiger partial charge < -0.3 is 5.32 Å². The number of hydrogen-bond acceptors (Lipinski definition) is 2. The van der Waals surface area contributed by atoms with Crippen LogP contribution in [0.25, 0.3) is 10.9 Å². The molecule has 2 nitrogen and oxygen atoms in total. The van der Waals surface area contributed by atoms with Crippen LogP contribution in [-0.2, 0) is 0 Å². The van der Waals surface area contributed by atoms with Crippen molar-refractivity contribution in [1.82, 2.24) is 4.98 Å². The average Bonchev–Trinajstić information content (AvgIpc) is 2.23. The van der Waals surface area contributed by atoms with Crippen molar-refractivity contribution in [2.45, 2.75) is 6.92 Å². The highest BCUT2D eigenvalue weighted by Crippen LogP contribution is 2.27. The molecular formula is C11H11ClN2. The first-order chi connectivity index (χ1) is 6.83. The number of pyridine rings is 1. The lowest BCUT2D eigenvalue weighted by Crippen LogP contribution is -1.97. The summed E-state index contributed by atoms with van der Waals surface area (Å²) in [7, 11) is 0. The minimum Gasteiger partial charge on any atom is -0.385 e. The Kier molecular flexibility index (Phi) is 2.55. The number of benzene rings is 1. The molecule has 1 aromatic carbocycles. The van der Waals surface area contributed by atoms with Gasteiger partial charge in [-0.1, -0.05) is 11.6 Å². The minimum atomic E-state index is 0.697. The molecule has 14 heavy (non-hydrogen) atoms. The van der Waals surface area contributed by atoms with Gasteiger partial charge in [-0.05, 0) is 31.2 Å². The maximum Gasteiger partial charge on any atom is 0.0908 e. The molecule has 0 unspecified atom stereocenters. The number of halogens is 1. The summed E-state index contributed by atoms with van der Waals surface area (Å²) in [6.07, 6.45) is 1.75. The highest BCUT2D eigenvalue weighted by molar-refractivity contribution is 6.35. The van der Waals surface area contributed by atoms with E-state index in [2.05, 4.69) is 17.2 Å². The lowest BCUT2D eigenvalue weighted by atomic mass is 10.2. The summed E-state index contributed by atoms with van der Waals surface area (Å²) in [5, 5.41) is 5.05. The normalized spacial score (nSPS) is 10.4. The van der Waals surface area contributed by atoms with Crippen LogP contribution in [0.15, 0.2) is 30.5 Å². The number of nitrogens with zero attached hydrogens (tertiary/aromatic N) is 1. The van der Waals surface area contributed by atoms with Crippen molar-refractivity contribution >= 4 is 28.2 Å². The maximum atomic E-state index is 6.04. The summed E-state index contributed by atoms with van der Waals surface area (Å²) in [6, 6.07) is 7.79. The van der Waals surface area contributed by atoms with Gasteiger partial charge >= 0.3 is 0 Å². The van der Waals surface area contributed by atoms with Crippen LogP contribution in [0.2, 0.25) is 5.02 Å². The van der Waals surface area contributed by atoms with Crippen molar-refractivity contribution in [3.8, 4) is 0 Å². The smallest absolute Gasteiger partial charge is 0.0908 e. The number of anilines is 1. The molecule has 0 spiro atoms. The third-order valence-electron chi connectivity index (χ3n) is 2.09. The fourth-order valence-electron chi connectivity index (χ4n) is 1.48. The van der Waals surface area contributed by atoms with Crippen LogP contribution in [-0.4, -0.2) is 11.5 Å². The summed E-state index contributed by atoms with van der Waals surface area (Å²) in [5.41, 5.74) is 1.94. The van der Waals surface area contributed by atoms with Crippen LogP contribution in [0, 0.1) is 0 Å². The molecule has 0 fully saturated rings. The molecule has 2 aromatic rings. The Balaban J connectivity index is 2.68. The van der Waals surface area contributed by atoms with Gasteiger partial charge in [0.2, 0.25) is 0 Å². The second kappa shape index (κ2) is 3.84. The van der Waals surface area contributed by atoms with Gasteiger partial charge in [0.05, 0.1) is 10.5 Å². The van der Waals surface area contributed by atoms with E-state index in [1.165, 1.54) is 0 Å². The van der Waals surface area contributed by atoms with Gasteiger partial charge in [0, 0.05) is 23.8 Å². The monoisotopic (exact) mass is 206 g/mol. The predicted molar refractivity (Wildman–Crippen MR) is 60.9 cm³/mol. The quantitative estimate of drug-likeness (QED) is 0.816. The summed E-state index contributed by atoms with van der Waals surface area (Å²) in [6.45, 7) is 2.96. The fourth-order valence-corrected chi connectivity index (χ4v) is 1.70. The van der Waals surface area contributed by atoms with E-state index in [4.69, 9.17) is 11.6 Å². The highest BCUT2D eigenvalue weighted by Gasteiger charge is 2.03. The Morgan fingerprint density at radius 2 is 2.21 bits per heavy atom. The average molecular weight is 207 g/mol. The number of aromatic nitrogens is 1. The van der Waals surface area contributed by atoms with E-state index < -0.39 is 0 Å². The molecule has 0 saturated carbocycles. The van der Waals surface area contributed by atoms with E-state index in [0.717, 1.165) is 23.1 Å². The zero-order valence-electron chi connectivity index (χ0n) is 7.92. The first-order valence-electron chi connectivity index (χ1n) is 4.60. The molecule has 0 radical (unpaired) electrons. The van der Waals surface area contributed by atoms with Crippen molar-refractivity contribution < 1.29 is 0 Å². The lowest BCUT2D eigenvalue weighted by molar-refractivity contribution is 1.22. The molecule has 72 valence electrons. The highest BCUT2D eigenvalue weighted by atomic mass is 35.5. The number of nitrogens with one attached hydrogen (secondary N) is 1. The molecule has 0 bridgehead atoms. The zero-order valence-corrected chi connectivity index (χ0v) is 8.67. The van der Waals surface area contributed by atoms with Crippen LogP contribution in [0.5, 0.6) is 0 Å². The Hall–Kier alpha value is -1.28. The summed E-state index contributed by atoms with van der Waals surface area (Å²) in [5.74, 6) is 0. The van der Waals surface area contributed by atoms with Crippen molar-refractivity contribution in [3.63, 3.8) is 0 Å². The molecule has 2 rings (SSSR count). The number of fused-ring (bicyclic) bond motifs is 1. The van der Waals surface area contributed by atoms with Gasteiger partial charge in [0.25, 0.3) is 0 Å². The van der Waals surface area contributed by atoms with Crippen molar-refractivity contribution in [3.05, 3.63) is 35.5 Å². The van der Waals surface area contributed by atoms with Crippen LogP contribution < -0.4 is 5.32 Å². The van der Waals surface area contributed by atoms with Crippen LogP contribution >= 0.6 is 11.6 Å². The summed E-state index contributed by atoms with van der Waals surface area (Å²) >= 11 is 6.04. The predicted octanol–water partition coefficient (Wildman–Crippen LogP) is 3.32. The van der Waals surface area contributed by atoms with E-state index in [9.17, 15) is 0 Å². The van der Waals surface area contributed by atoms with Gasteiger partial charge in [-0.2, -0.15) is 0 Å². The molecule has 0 atom stereocenters. The lowest BCUT2D eigenvalue weighted by Gasteiger charge is -2.07. The first-order valence-corrected chi connectivity index (χ1v) is 4.98. The molecule has 0 aliphatic carbocycles. The van der Waals surface area contributed by atoms with Crippen molar-refractivity contribution in [1.29, 1.82) is 0 Å². The molecule has 1 aromatic heterocycles. The van der Waals surface area contributed by atoms with Crippen molar-refractivity contribution in [2.24, 2.45) is 0 Å². The molecule has 0 aliphatic heterocycles. The van der Waals surface area contributed by atoms with Crippen LogP contribution in [0.3, 0.4) is 0 Å². The molecule has 0 aliphatic rings. The minimum absolute atomic E-state index is 0.697. The van der Waals surface area contributed by atoms with E-state index in [0.29, 0.717) is 5.02 Å². The second-order valence-electron chi connectivity index (χ2n) is 3.02. The number of hydrogen-bond donors (Lipinski definition) is 1. The second-order valence-corrected chi connectivity index (χ2v) is 3.43. The van der Waals surface area contributed by atoms with E-state index >= 15 is 0 Å². The molecule has 0 amide bonds. The molecule has 1 heterocycles. The Morgan fingerprint density at radius 1 is 1.36 bits per heavy atom. The topological polar surface area (TPSA) is 24.9 Å². The summed E-state index contributed by atoms with van der Waals surface area (Å²) in [4.78, 5) is 4.25. The van der Waals surface area contributed by atoms with Crippen LogP contribution in [0.4, 0.5) is 5.69 Å². The summed E-state index contributed by atoms with van der Waals surface area (Å²) < 4.78 is 0. The standard InChI is InChI=1S/C11H11ClN2/c1-2-13-10-6-5-9(12)11-8(10)4-3-7-14-11/h3-7,13H,2H2,1H3. The third-order valence-corrected chi connectivity index (χ3v) is 2.39. The van der Waals surface area contributed by atoms with Gasteiger partial charge in [0.15, 0.2) is 0 Å². The molecular weight excluding hydrogens is 196 g/mol. The molecule has 1 N–H and O–H groups in total. The zero-order chi connectivity index (χ0) is 9.97. The molecule has 3 heteroatoms. The van der Waals surface area contributed by atoms with Crippen molar-refractivity contribution in [2.75, 3.05) is 11.9 Å².